The Kier molecular flexibility index (Phi) is 4.12. The Bertz CT molecular complexity index is 350. The number of aromatic nitrogens is 1. The molecule has 16 heavy (non-hydrogen) atoms. The normalized spacial score (nSPS) is 11.5. The molecule has 1 heterocycles. The first-order chi connectivity index (χ1) is 7.38. The van der Waals surface area contributed by atoms with Crippen molar-refractivity contribution in [2.24, 2.45) is 7.05 Å². The smallest absolute Gasteiger partial charge is 0.246 e. The fraction of sp³-hybridized carbons (Fsp3) is 0.583. The van der Waals surface area contributed by atoms with Crippen LogP contribution in [0.1, 0.15) is 26.5 Å². The van der Waals surface area contributed by atoms with E-state index in [1.165, 1.54) is 0 Å². The van der Waals surface area contributed by atoms with Gasteiger partial charge in [0.15, 0.2) is 0 Å². The van der Waals surface area contributed by atoms with Crippen molar-refractivity contribution in [1.82, 2.24) is 9.88 Å². The van der Waals surface area contributed by atoms with Crippen LogP contribution in [0.2, 0.25) is 0 Å². The Morgan fingerprint density at radius 2 is 2.19 bits per heavy atom. The summed E-state index contributed by atoms with van der Waals surface area (Å²) in [5.74, 6) is -0.0869. The van der Waals surface area contributed by atoms with Crippen LogP contribution in [0.4, 0.5) is 0 Å². The largest absolute Gasteiger partial charge is 0.366 e. The number of carbonyl (C=O) groups excluding carboxylic acids is 1. The number of hydrogen-bond acceptors (Lipinski definition) is 2. The number of ether oxygens (including phenoxy) is 1. The topological polar surface area (TPSA) is 43.3 Å². The summed E-state index contributed by atoms with van der Waals surface area (Å²) in [5.41, 5.74) is 0.798. The summed E-state index contributed by atoms with van der Waals surface area (Å²) in [5, 5.41) is 2.81. The highest BCUT2D eigenvalue weighted by Crippen LogP contribution is 2.05. The average Bonchev–Trinajstić information content (AvgIpc) is 2.57. The van der Waals surface area contributed by atoms with Crippen LogP contribution in [0, 0.1) is 0 Å². The predicted molar refractivity (Wildman–Crippen MR) is 63.0 cm³/mol. The van der Waals surface area contributed by atoms with Gasteiger partial charge in [-0.3, -0.25) is 4.79 Å². The van der Waals surface area contributed by atoms with E-state index >= 15 is 0 Å². The highest BCUT2D eigenvalue weighted by atomic mass is 16.5. The summed E-state index contributed by atoms with van der Waals surface area (Å²) in [6.07, 6.45) is 1.95. The van der Waals surface area contributed by atoms with E-state index in [0.717, 1.165) is 5.69 Å². The van der Waals surface area contributed by atoms with Crippen molar-refractivity contribution in [3.8, 4) is 0 Å². The van der Waals surface area contributed by atoms with Crippen LogP contribution < -0.4 is 5.32 Å². The number of aryl methyl sites for hydroxylation is 1. The number of nitrogens with zero attached hydrogens (tertiary/aromatic N) is 1. The fourth-order valence-corrected chi connectivity index (χ4v) is 1.20. The van der Waals surface area contributed by atoms with Gasteiger partial charge in [-0.1, -0.05) is 0 Å². The van der Waals surface area contributed by atoms with E-state index in [1.54, 1.807) is 0 Å². The minimum absolute atomic E-state index is 0.0869. The molecule has 0 bridgehead atoms. The van der Waals surface area contributed by atoms with Gasteiger partial charge in [0.2, 0.25) is 5.91 Å². The summed E-state index contributed by atoms with van der Waals surface area (Å²) in [4.78, 5) is 11.5. The monoisotopic (exact) mass is 224 g/mol. The minimum Gasteiger partial charge on any atom is -0.366 e. The zero-order valence-electron chi connectivity index (χ0n) is 10.4. The van der Waals surface area contributed by atoms with E-state index in [9.17, 15) is 4.79 Å². The van der Waals surface area contributed by atoms with E-state index in [4.69, 9.17) is 4.74 Å². The molecular formula is C12H20N2O2. The molecule has 90 valence electrons. The third kappa shape index (κ3) is 4.49. The molecule has 4 nitrogen and oxygen atoms in total. The lowest BCUT2D eigenvalue weighted by atomic mass is 10.2. The van der Waals surface area contributed by atoms with Crippen molar-refractivity contribution in [2.45, 2.75) is 32.9 Å². The van der Waals surface area contributed by atoms with Crippen molar-refractivity contribution >= 4 is 5.91 Å². The van der Waals surface area contributed by atoms with Gasteiger partial charge in [0, 0.05) is 18.9 Å². The van der Waals surface area contributed by atoms with Gasteiger partial charge in [0.1, 0.15) is 6.61 Å². The van der Waals surface area contributed by atoms with E-state index in [-0.39, 0.29) is 18.1 Å². The van der Waals surface area contributed by atoms with E-state index in [1.807, 2.05) is 50.7 Å². The molecule has 0 aliphatic carbocycles. The predicted octanol–water partition coefficient (Wildman–Crippen LogP) is 1.46. The van der Waals surface area contributed by atoms with Crippen LogP contribution in [0.5, 0.6) is 0 Å². The van der Waals surface area contributed by atoms with Crippen LogP contribution in [-0.4, -0.2) is 22.7 Å². The summed E-state index contributed by atoms with van der Waals surface area (Å²) >= 11 is 0. The molecule has 0 unspecified atom stereocenters. The van der Waals surface area contributed by atoms with Gasteiger partial charge in [-0.2, -0.15) is 0 Å². The highest BCUT2D eigenvalue weighted by Gasteiger charge is 2.12. The lowest BCUT2D eigenvalue weighted by molar-refractivity contribution is -0.130. The molecule has 1 aromatic rings. The lowest BCUT2D eigenvalue weighted by Gasteiger charge is -2.19. The van der Waals surface area contributed by atoms with Crippen molar-refractivity contribution in [2.75, 3.05) is 6.61 Å². The van der Waals surface area contributed by atoms with Gasteiger partial charge < -0.3 is 14.6 Å². The molecule has 1 rings (SSSR count). The summed E-state index contributed by atoms with van der Waals surface area (Å²) in [6, 6.07) is 3.93. The average molecular weight is 224 g/mol. The van der Waals surface area contributed by atoms with Crippen LogP contribution in [-0.2, 0) is 23.1 Å². The van der Waals surface area contributed by atoms with Gasteiger partial charge in [-0.05, 0) is 32.9 Å². The van der Waals surface area contributed by atoms with Gasteiger partial charge in [-0.25, -0.2) is 0 Å². The SMILES string of the molecule is Cn1cccc1CNC(=O)COC(C)(C)C. The molecule has 0 aliphatic heterocycles. The Labute approximate surface area is 96.6 Å². The Morgan fingerprint density at radius 3 is 2.69 bits per heavy atom. The molecule has 0 fully saturated rings. The molecule has 0 spiro atoms. The molecule has 0 saturated heterocycles. The maximum Gasteiger partial charge on any atom is 0.246 e. The molecule has 0 aliphatic rings. The van der Waals surface area contributed by atoms with Gasteiger partial charge in [0.25, 0.3) is 0 Å². The van der Waals surface area contributed by atoms with Crippen molar-refractivity contribution in [1.29, 1.82) is 0 Å². The molecule has 0 saturated carbocycles. The maximum atomic E-state index is 11.5. The first-order valence-electron chi connectivity index (χ1n) is 5.39. The van der Waals surface area contributed by atoms with Gasteiger partial charge >= 0.3 is 0 Å². The summed E-state index contributed by atoms with van der Waals surface area (Å²) in [7, 11) is 1.95. The molecule has 0 radical (unpaired) electrons. The van der Waals surface area contributed by atoms with Crippen molar-refractivity contribution < 1.29 is 9.53 Å². The molecule has 1 amide bonds. The lowest BCUT2D eigenvalue weighted by Crippen LogP contribution is -2.32. The Hall–Kier alpha value is -1.29. The number of hydrogen-bond donors (Lipinski definition) is 1. The minimum atomic E-state index is -0.275. The Morgan fingerprint density at radius 1 is 1.50 bits per heavy atom. The highest BCUT2D eigenvalue weighted by molar-refractivity contribution is 5.77. The first-order valence-corrected chi connectivity index (χ1v) is 5.39. The van der Waals surface area contributed by atoms with E-state index in [2.05, 4.69) is 5.32 Å². The second kappa shape index (κ2) is 5.16. The van der Waals surface area contributed by atoms with Crippen molar-refractivity contribution in [3.63, 3.8) is 0 Å². The van der Waals surface area contributed by atoms with Crippen molar-refractivity contribution in [3.05, 3.63) is 24.0 Å². The van der Waals surface area contributed by atoms with E-state index < -0.39 is 0 Å². The quantitative estimate of drug-likeness (QED) is 0.841. The fourth-order valence-electron chi connectivity index (χ4n) is 1.20. The maximum absolute atomic E-state index is 11.5. The molecule has 4 heteroatoms. The first kappa shape index (κ1) is 12.8. The van der Waals surface area contributed by atoms with Crippen LogP contribution in [0.3, 0.4) is 0 Å². The molecule has 1 aromatic heterocycles. The molecular weight excluding hydrogens is 204 g/mol. The number of rotatable bonds is 4. The third-order valence-electron chi connectivity index (χ3n) is 2.15. The molecule has 1 N–H and O–H groups in total. The standard InChI is InChI=1S/C12H20N2O2/c1-12(2,3)16-9-11(15)13-8-10-6-5-7-14(10)4/h5-7H,8-9H2,1-4H3,(H,13,15). The second-order valence-corrected chi connectivity index (χ2v) is 4.79. The zero-order chi connectivity index (χ0) is 12.2. The summed E-state index contributed by atoms with van der Waals surface area (Å²) in [6.45, 7) is 6.43. The van der Waals surface area contributed by atoms with Gasteiger partial charge in [0.05, 0.1) is 12.1 Å². The number of nitrogens with one attached hydrogen (secondary N) is 1. The Balaban J connectivity index is 2.29. The van der Waals surface area contributed by atoms with Gasteiger partial charge in [-0.15, -0.1) is 0 Å². The van der Waals surface area contributed by atoms with Crippen LogP contribution in [0.15, 0.2) is 18.3 Å². The van der Waals surface area contributed by atoms with Crippen LogP contribution in [0.25, 0.3) is 0 Å². The van der Waals surface area contributed by atoms with E-state index in [0.29, 0.717) is 6.54 Å². The second-order valence-electron chi connectivity index (χ2n) is 4.79. The summed E-state index contributed by atoms with van der Waals surface area (Å²) < 4.78 is 7.35. The third-order valence-corrected chi connectivity index (χ3v) is 2.15. The zero-order valence-corrected chi connectivity index (χ0v) is 10.4. The number of carbonyl (C=O) groups is 1. The number of amides is 1. The molecule has 0 atom stereocenters. The molecule has 0 aromatic carbocycles. The van der Waals surface area contributed by atoms with Crippen LogP contribution >= 0.6 is 0 Å².